The topological polar surface area (TPSA) is 154 Å². The van der Waals surface area contributed by atoms with Gasteiger partial charge in [0.05, 0.1) is 25.9 Å². The minimum atomic E-state index is -0.994. The van der Waals surface area contributed by atoms with E-state index in [0.717, 1.165) is 0 Å². The minimum absolute atomic E-state index is 0.0881. The normalized spacial score (nSPS) is 12.7. The molecule has 0 bridgehead atoms. The van der Waals surface area contributed by atoms with E-state index in [1.807, 2.05) is 0 Å². The van der Waals surface area contributed by atoms with E-state index in [2.05, 4.69) is 10.6 Å². The zero-order valence-corrected chi connectivity index (χ0v) is 16.5. The largest absolute Gasteiger partial charge is 0.378 e. The van der Waals surface area contributed by atoms with Gasteiger partial charge >= 0.3 is 0 Å². The summed E-state index contributed by atoms with van der Waals surface area (Å²) in [4.78, 5) is 57.9. The molecule has 0 heterocycles. The first-order valence-electron chi connectivity index (χ1n) is 9.20. The van der Waals surface area contributed by atoms with Gasteiger partial charge in [-0.1, -0.05) is 0 Å². The molecule has 0 radical (unpaired) electrons. The monoisotopic (exact) mass is 401 g/mol. The Morgan fingerprint density at radius 1 is 0.964 bits per heavy atom. The molecule has 0 saturated heterocycles. The van der Waals surface area contributed by atoms with Crippen molar-refractivity contribution in [2.45, 2.75) is 51.6 Å². The molecule has 160 valence electrons. The van der Waals surface area contributed by atoms with Crippen molar-refractivity contribution in [1.29, 1.82) is 0 Å². The molecular weight excluding hydrogens is 370 g/mol. The number of carbonyl (C=O) groups excluding carboxylic acids is 5. The molecule has 4 N–H and O–H groups in total. The van der Waals surface area contributed by atoms with Gasteiger partial charge in [-0.15, -0.1) is 0 Å². The highest BCUT2D eigenvalue weighted by Crippen LogP contribution is 2.03. The lowest BCUT2D eigenvalue weighted by Gasteiger charge is -2.21. The van der Waals surface area contributed by atoms with Gasteiger partial charge in [-0.05, 0) is 26.7 Å². The molecule has 0 rings (SSSR count). The highest BCUT2D eigenvalue weighted by Gasteiger charge is 2.25. The third-order valence-corrected chi connectivity index (χ3v) is 3.68. The summed E-state index contributed by atoms with van der Waals surface area (Å²) >= 11 is 0. The highest BCUT2D eigenvalue weighted by atomic mass is 16.5. The van der Waals surface area contributed by atoms with Gasteiger partial charge in [0.1, 0.15) is 24.7 Å². The van der Waals surface area contributed by atoms with Gasteiger partial charge in [0.25, 0.3) is 0 Å². The van der Waals surface area contributed by atoms with E-state index in [4.69, 9.17) is 15.2 Å². The summed E-state index contributed by atoms with van der Waals surface area (Å²) in [6, 6.07) is -1.82. The molecule has 0 aromatic carbocycles. The molecule has 0 saturated carbocycles. The van der Waals surface area contributed by atoms with Crippen molar-refractivity contribution in [2.24, 2.45) is 5.73 Å². The second-order valence-electron chi connectivity index (χ2n) is 6.23. The average Bonchev–Trinajstić information content (AvgIpc) is 2.64. The summed E-state index contributed by atoms with van der Waals surface area (Å²) in [6.45, 7) is 3.66. The van der Waals surface area contributed by atoms with Crippen LogP contribution >= 0.6 is 0 Å². The number of ether oxygens (including phenoxy) is 2. The van der Waals surface area contributed by atoms with Crippen LogP contribution in [-0.2, 0) is 33.4 Å². The van der Waals surface area contributed by atoms with Crippen molar-refractivity contribution < 1.29 is 33.4 Å². The Morgan fingerprint density at radius 2 is 1.64 bits per heavy atom. The lowest BCUT2D eigenvalue weighted by molar-refractivity contribution is -0.133. The van der Waals surface area contributed by atoms with E-state index in [1.54, 1.807) is 0 Å². The summed E-state index contributed by atoms with van der Waals surface area (Å²) in [7, 11) is 0. The predicted octanol–water partition coefficient (Wildman–Crippen LogP) is -1.11. The van der Waals surface area contributed by atoms with E-state index in [9.17, 15) is 24.0 Å². The van der Waals surface area contributed by atoms with Gasteiger partial charge < -0.3 is 35.4 Å². The molecule has 0 aliphatic rings. The number of Topliss-reactive ketones (excluding diaryl/α,β-unsaturated/α-hetero) is 2. The summed E-state index contributed by atoms with van der Waals surface area (Å²) in [5.41, 5.74) is 5.27. The van der Waals surface area contributed by atoms with Crippen LogP contribution in [0, 0.1) is 0 Å². The first-order valence-corrected chi connectivity index (χ1v) is 9.20. The molecule has 10 heteroatoms. The first kappa shape index (κ1) is 25.8. The number of amides is 2. The zero-order chi connectivity index (χ0) is 21.4. The molecule has 28 heavy (non-hydrogen) atoms. The van der Waals surface area contributed by atoms with Crippen LogP contribution in [0.15, 0.2) is 0 Å². The minimum Gasteiger partial charge on any atom is -0.378 e. The van der Waals surface area contributed by atoms with Crippen molar-refractivity contribution in [3.05, 3.63) is 0 Å². The van der Waals surface area contributed by atoms with Crippen molar-refractivity contribution in [3.63, 3.8) is 0 Å². The lowest BCUT2D eigenvalue weighted by atomic mass is 10.1. The highest BCUT2D eigenvalue weighted by molar-refractivity contribution is 5.92. The Morgan fingerprint density at radius 3 is 2.21 bits per heavy atom. The number of hydrogen-bond acceptors (Lipinski definition) is 8. The number of carbonyl (C=O) groups is 5. The Bertz CT molecular complexity index is 525. The third-order valence-electron chi connectivity index (χ3n) is 3.68. The van der Waals surface area contributed by atoms with Crippen LogP contribution < -0.4 is 16.4 Å². The molecule has 2 amide bonds. The van der Waals surface area contributed by atoms with Gasteiger partial charge in [0.15, 0.2) is 5.78 Å². The fourth-order valence-corrected chi connectivity index (χ4v) is 2.20. The summed E-state index contributed by atoms with van der Waals surface area (Å²) < 4.78 is 10.3. The van der Waals surface area contributed by atoms with E-state index in [0.29, 0.717) is 19.4 Å². The fraction of sp³-hybridized carbons (Fsp3) is 0.722. The molecule has 0 aliphatic carbocycles. The smallest absolute Gasteiger partial charge is 0.246 e. The Kier molecular flexibility index (Phi) is 14.6. The number of rotatable bonds is 17. The van der Waals surface area contributed by atoms with Crippen LogP contribution in [0.3, 0.4) is 0 Å². The average molecular weight is 401 g/mol. The molecule has 2 atom stereocenters. The molecular formula is C18H31N3O7. The van der Waals surface area contributed by atoms with Crippen molar-refractivity contribution in [3.8, 4) is 0 Å². The summed E-state index contributed by atoms with van der Waals surface area (Å²) in [6.07, 6.45) is 1.13. The van der Waals surface area contributed by atoms with E-state index >= 15 is 0 Å². The van der Waals surface area contributed by atoms with Gasteiger partial charge in [0, 0.05) is 19.4 Å². The first-order chi connectivity index (χ1) is 13.3. The fourth-order valence-electron chi connectivity index (χ4n) is 2.20. The third kappa shape index (κ3) is 13.1. The van der Waals surface area contributed by atoms with E-state index < -0.39 is 23.9 Å². The molecule has 0 aromatic heterocycles. The van der Waals surface area contributed by atoms with Crippen LogP contribution in [0.2, 0.25) is 0 Å². The zero-order valence-electron chi connectivity index (χ0n) is 16.5. The van der Waals surface area contributed by atoms with Gasteiger partial charge in [-0.2, -0.15) is 0 Å². The maximum absolute atomic E-state index is 12.5. The Labute approximate surface area is 164 Å². The Hall–Kier alpha value is -2.17. The predicted molar refractivity (Wildman–Crippen MR) is 100 cm³/mol. The second kappa shape index (κ2) is 15.8. The molecule has 0 fully saturated rings. The quantitative estimate of drug-likeness (QED) is 0.205. The van der Waals surface area contributed by atoms with Crippen LogP contribution in [0.4, 0.5) is 0 Å². The van der Waals surface area contributed by atoms with Crippen molar-refractivity contribution in [2.75, 3.05) is 33.0 Å². The lowest BCUT2D eigenvalue weighted by Crippen LogP contribution is -2.52. The maximum Gasteiger partial charge on any atom is 0.246 e. The van der Waals surface area contributed by atoms with Crippen LogP contribution in [0.25, 0.3) is 0 Å². The standard InChI is InChI=1S/C18H31N3O7/c1-13(23)5-6-16(18(26)21-15(14(2)24)4-3-8-22)20-17(25)12-28-11-10-27-9-7-19/h8,15-16H,3-7,9-12,19H2,1-2H3,(H,20,25)(H,21,26). The summed E-state index contributed by atoms with van der Waals surface area (Å²) in [5, 5.41) is 5.03. The van der Waals surface area contributed by atoms with Crippen LogP contribution in [0.5, 0.6) is 0 Å². The number of nitrogens with two attached hydrogens (primary N) is 1. The number of hydrogen-bond donors (Lipinski definition) is 3. The van der Waals surface area contributed by atoms with Crippen molar-refractivity contribution in [1.82, 2.24) is 10.6 Å². The number of aldehydes is 1. The number of ketones is 2. The number of nitrogens with one attached hydrogen (secondary N) is 2. The molecule has 0 aliphatic heterocycles. The molecule has 10 nitrogen and oxygen atoms in total. The Balaban J connectivity index is 4.66. The maximum atomic E-state index is 12.5. The van der Waals surface area contributed by atoms with E-state index in [-0.39, 0.29) is 57.1 Å². The van der Waals surface area contributed by atoms with Crippen LogP contribution in [0.1, 0.15) is 39.5 Å². The van der Waals surface area contributed by atoms with E-state index in [1.165, 1.54) is 13.8 Å². The van der Waals surface area contributed by atoms with Crippen LogP contribution in [-0.4, -0.2) is 74.7 Å². The van der Waals surface area contributed by atoms with Crippen molar-refractivity contribution >= 4 is 29.7 Å². The van der Waals surface area contributed by atoms with Gasteiger partial charge in [-0.25, -0.2) is 0 Å². The molecule has 2 unspecified atom stereocenters. The van der Waals surface area contributed by atoms with Gasteiger partial charge in [0.2, 0.25) is 11.8 Å². The molecule has 0 spiro atoms. The van der Waals surface area contributed by atoms with Gasteiger partial charge in [-0.3, -0.25) is 14.4 Å². The second-order valence-corrected chi connectivity index (χ2v) is 6.23. The molecule has 0 aromatic rings. The summed E-state index contributed by atoms with van der Waals surface area (Å²) in [5.74, 6) is -1.56. The SMILES string of the molecule is CC(=O)CCC(NC(=O)COCCOCCN)C(=O)NC(CCC=O)C(C)=O.